The first kappa shape index (κ1) is 22.4. The van der Waals surface area contributed by atoms with Crippen molar-refractivity contribution < 1.29 is 39.6 Å². The smallest absolute Gasteiger partial charge is 0.329 e. The Hall–Kier alpha value is -2.24. The van der Waals surface area contributed by atoms with Gasteiger partial charge in [0.05, 0.1) is 12.2 Å². The molecule has 2 unspecified atom stereocenters. The second-order valence-corrected chi connectivity index (χ2v) is 8.34. The summed E-state index contributed by atoms with van der Waals surface area (Å²) in [7, 11) is 0. The Morgan fingerprint density at radius 2 is 1.60 bits per heavy atom. The van der Waals surface area contributed by atoms with E-state index in [2.05, 4.69) is 5.32 Å². The summed E-state index contributed by atoms with van der Waals surface area (Å²) in [5.41, 5.74) is 0. The number of hydrogen-bond acceptors (Lipinski definition) is 7. The predicted molar refractivity (Wildman–Crippen MR) is 101 cm³/mol. The van der Waals surface area contributed by atoms with Gasteiger partial charge in [0, 0.05) is 12.1 Å². The van der Waals surface area contributed by atoms with Gasteiger partial charge in [-0.2, -0.15) is 0 Å². The Balaban J connectivity index is 1.89. The molecule has 0 aromatic rings. The molecule has 3 fully saturated rings. The minimum absolute atomic E-state index is 0.189. The van der Waals surface area contributed by atoms with Crippen LogP contribution in [0.5, 0.6) is 0 Å². The number of aliphatic hydroxyl groups is 3. The van der Waals surface area contributed by atoms with E-state index in [-0.39, 0.29) is 6.42 Å². The molecule has 0 aromatic heterocycles. The van der Waals surface area contributed by atoms with Crippen molar-refractivity contribution in [1.29, 1.82) is 0 Å². The van der Waals surface area contributed by atoms with Gasteiger partial charge in [-0.25, -0.2) is 4.79 Å². The average Bonchev–Trinajstić information content (AvgIpc) is 2.68. The third kappa shape index (κ3) is 4.57. The van der Waals surface area contributed by atoms with Crippen LogP contribution < -0.4 is 5.32 Å². The van der Waals surface area contributed by atoms with Gasteiger partial charge in [0.1, 0.15) is 6.54 Å². The van der Waals surface area contributed by atoms with Crippen LogP contribution in [0.15, 0.2) is 0 Å². The maximum atomic E-state index is 13.3. The minimum Gasteiger partial charge on any atom is -0.480 e. The van der Waals surface area contributed by atoms with Gasteiger partial charge in [0.15, 0.2) is 12.1 Å². The van der Waals surface area contributed by atoms with E-state index in [1.54, 1.807) is 0 Å². The lowest BCUT2D eigenvalue weighted by Gasteiger charge is -2.49. The quantitative estimate of drug-likeness (QED) is 0.348. The molecule has 0 radical (unpaired) electrons. The molecule has 4 amide bonds. The molecule has 168 valence electrons. The van der Waals surface area contributed by atoms with Crippen LogP contribution in [0.3, 0.4) is 0 Å². The zero-order valence-electron chi connectivity index (χ0n) is 16.6. The van der Waals surface area contributed by atoms with Gasteiger partial charge >= 0.3 is 12.0 Å². The van der Waals surface area contributed by atoms with E-state index in [9.17, 15) is 34.5 Å². The Bertz CT molecular complexity index is 693. The van der Waals surface area contributed by atoms with Crippen molar-refractivity contribution in [2.24, 2.45) is 5.92 Å². The number of aliphatic carboxylic acids is 1. The largest absolute Gasteiger partial charge is 0.480 e. The molecule has 0 aromatic carbocycles. The van der Waals surface area contributed by atoms with E-state index in [0.29, 0.717) is 44.9 Å². The van der Waals surface area contributed by atoms with Gasteiger partial charge in [0.2, 0.25) is 11.8 Å². The lowest BCUT2D eigenvalue weighted by molar-refractivity contribution is -0.164. The number of nitrogens with one attached hydrogen (secondary N) is 1. The number of hydrogen-bond donors (Lipinski definition) is 5. The van der Waals surface area contributed by atoms with E-state index < -0.39 is 66.8 Å². The van der Waals surface area contributed by atoms with Gasteiger partial charge < -0.3 is 25.7 Å². The van der Waals surface area contributed by atoms with Crippen LogP contribution in [0, 0.1) is 5.92 Å². The lowest BCUT2D eigenvalue weighted by Crippen LogP contribution is -2.69. The first-order chi connectivity index (χ1) is 14.2. The first-order valence-electron chi connectivity index (χ1n) is 10.4. The summed E-state index contributed by atoms with van der Waals surface area (Å²) in [4.78, 5) is 51.9. The predicted octanol–water partition coefficient (Wildman–Crippen LogP) is -1.01. The summed E-state index contributed by atoms with van der Waals surface area (Å²) in [6.07, 6.45) is 0.585. The molecule has 30 heavy (non-hydrogen) atoms. The fraction of sp³-hybridized carbons (Fsp3) is 0.789. The van der Waals surface area contributed by atoms with Gasteiger partial charge in [-0.15, -0.1) is 0 Å². The normalized spacial score (nSPS) is 35.3. The molecule has 2 aliphatic carbocycles. The third-order valence-corrected chi connectivity index (χ3v) is 6.25. The molecular formula is C19H29N3O8. The molecule has 0 spiro atoms. The zero-order valence-corrected chi connectivity index (χ0v) is 16.6. The maximum absolute atomic E-state index is 13.3. The fourth-order valence-corrected chi connectivity index (χ4v) is 4.71. The summed E-state index contributed by atoms with van der Waals surface area (Å²) in [6, 6.07) is -1.78. The number of urea groups is 1. The lowest BCUT2D eigenvalue weighted by atomic mass is 9.87. The molecule has 1 heterocycles. The topological polar surface area (TPSA) is 168 Å². The van der Waals surface area contributed by atoms with Gasteiger partial charge in [-0.05, 0) is 51.4 Å². The number of nitrogens with zero attached hydrogens (tertiary/aromatic N) is 2. The van der Waals surface area contributed by atoms with E-state index >= 15 is 0 Å². The monoisotopic (exact) mass is 427 g/mol. The molecule has 5 N–H and O–H groups in total. The molecule has 2 saturated carbocycles. The Morgan fingerprint density at radius 1 is 0.933 bits per heavy atom. The number of rotatable bonds is 5. The van der Waals surface area contributed by atoms with Crippen LogP contribution in [0.25, 0.3) is 0 Å². The van der Waals surface area contributed by atoms with Crippen LogP contribution in [0.1, 0.15) is 51.4 Å². The van der Waals surface area contributed by atoms with Crippen LogP contribution >= 0.6 is 0 Å². The number of carbonyl (C=O) groups excluding carboxylic acids is 3. The van der Waals surface area contributed by atoms with Crippen molar-refractivity contribution in [3.8, 4) is 0 Å². The molecule has 3 rings (SSSR count). The Morgan fingerprint density at radius 3 is 2.20 bits per heavy atom. The second kappa shape index (κ2) is 9.27. The second-order valence-electron chi connectivity index (χ2n) is 8.34. The van der Waals surface area contributed by atoms with Gasteiger partial charge in [-0.3, -0.25) is 24.2 Å². The zero-order chi connectivity index (χ0) is 22.0. The number of carboxylic acids is 1. The molecule has 11 nitrogen and oxygen atoms in total. The molecule has 1 saturated heterocycles. The summed E-state index contributed by atoms with van der Waals surface area (Å²) in [6.45, 7) is -0.721. The highest BCUT2D eigenvalue weighted by Gasteiger charge is 2.53. The summed E-state index contributed by atoms with van der Waals surface area (Å²) in [5, 5.41) is 41.5. The van der Waals surface area contributed by atoms with Crippen molar-refractivity contribution in [2.45, 2.75) is 81.9 Å². The van der Waals surface area contributed by atoms with E-state index in [0.717, 1.165) is 9.80 Å². The average molecular weight is 427 g/mol. The van der Waals surface area contributed by atoms with Gasteiger partial charge in [0.25, 0.3) is 0 Å². The number of carbonyl (C=O) groups is 4. The van der Waals surface area contributed by atoms with Crippen LogP contribution in [-0.2, 0) is 14.4 Å². The molecule has 1 aliphatic heterocycles. The van der Waals surface area contributed by atoms with Crippen LogP contribution in [0.2, 0.25) is 0 Å². The minimum atomic E-state index is -1.73. The third-order valence-electron chi connectivity index (χ3n) is 6.25. The Labute approximate surface area is 173 Å². The van der Waals surface area contributed by atoms with Gasteiger partial charge in [-0.1, -0.05) is 0 Å². The van der Waals surface area contributed by atoms with Crippen molar-refractivity contribution in [2.75, 3.05) is 6.54 Å². The maximum Gasteiger partial charge on any atom is 0.329 e. The number of amides is 4. The highest BCUT2D eigenvalue weighted by molar-refractivity contribution is 6.09. The first-order valence-corrected chi connectivity index (χ1v) is 10.4. The SMILES string of the molecule is O=C(O)CNC(=O)C1C(=O)N([C@H]2CCC[C@@H](O)C2)C(=O)N(C2CCC(O)CC2)C1O. The molecule has 11 heteroatoms. The number of imide groups is 1. The van der Waals surface area contributed by atoms with E-state index in [1.807, 2.05) is 0 Å². The van der Waals surface area contributed by atoms with Crippen molar-refractivity contribution in [3.63, 3.8) is 0 Å². The van der Waals surface area contributed by atoms with Crippen molar-refractivity contribution in [1.82, 2.24) is 15.1 Å². The van der Waals surface area contributed by atoms with E-state index in [1.165, 1.54) is 0 Å². The molecule has 3 aliphatic rings. The highest BCUT2D eigenvalue weighted by Crippen LogP contribution is 2.34. The van der Waals surface area contributed by atoms with Crippen LogP contribution in [-0.4, -0.2) is 91.1 Å². The van der Waals surface area contributed by atoms with Crippen LogP contribution in [0.4, 0.5) is 4.79 Å². The standard InChI is InChI=1S/C19H29N3O8/c23-12-6-4-10(5-7-12)21-17(28)15(16(27)20-9-14(25)26)18(29)22(19(21)30)11-2-1-3-13(24)8-11/h10-13,15,17,23-24,28H,1-9H2,(H,20,27)(H,25,26)/t10?,11-,12?,13+,15?,17?/m0/s1. The molecule has 4 atom stereocenters. The summed E-state index contributed by atoms with van der Waals surface area (Å²) < 4.78 is 0. The number of aliphatic hydroxyl groups excluding tert-OH is 3. The number of carboxylic acid groups (broad SMARTS) is 1. The fourth-order valence-electron chi connectivity index (χ4n) is 4.71. The molecular weight excluding hydrogens is 398 g/mol. The molecule has 0 bridgehead atoms. The van der Waals surface area contributed by atoms with Crippen molar-refractivity contribution in [3.05, 3.63) is 0 Å². The summed E-state index contributed by atoms with van der Waals surface area (Å²) in [5.74, 6) is -4.82. The summed E-state index contributed by atoms with van der Waals surface area (Å²) >= 11 is 0. The van der Waals surface area contributed by atoms with Crippen molar-refractivity contribution >= 4 is 23.8 Å². The highest BCUT2D eigenvalue weighted by atomic mass is 16.4. The van der Waals surface area contributed by atoms with E-state index in [4.69, 9.17) is 5.11 Å². The Kier molecular flexibility index (Phi) is 6.94.